The Bertz CT molecular complexity index is 1110. The van der Waals surface area contributed by atoms with Crippen molar-refractivity contribution in [2.45, 2.75) is 38.9 Å². The molecule has 1 aliphatic heterocycles. The average molecular weight is 490 g/mol. The van der Waals surface area contributed by atoms with E-state index in [-0.39, 0.29) is 5.78 Å². The summed E-state index contributed by atoms with van der Waals surface area (Å²) >= 11 is 0. The van der Waals surface area contributed by atoms with Gasteiger partial charge in [0.1, 0.15) is 30.5 Å². The summed E-state index contributed by atoms with van der Waals surface area (Å²) in [5.41, 5.74) is 2.98. The highest BCUT2D eigenvalue weighted by Gasteiger charge is 2.15. The van der Waals surface area contributed by atoms with Gasteiger partial charge in [-0.1, -0.05) is 30.3 Å². The molecule has 4 rings (SSSR count). The van der Waals surface area contributed by atoms with Crippen LogP contribution in [0.1, 0.15) is 36.0 Å². The molecule has 0 aromatic heterocycles. The maximum atomic E-state index is 12.6. The summed E-state index contributed by atoms with van der Waals surface area (Å²) in [5, 5.41) is 0. The van der Waals surface area contributed by atoms with Crippen LogP contribution in [0.4, 0.5) is 0 Å². The minimum atomic E-state index is 0.245. The zero-order valence-corrected chi connectivity index (χ0v) is 21.2. The molecule has 0 saturated carbocycles. The summed E-state index contributed by atoms with van der Waals surface area (Å²) in [4.78, 5) is 15.0. The smallest absolute Gasteiger partial charge is 0.161 e. The Hall–Kier alpha value is -3.51. The average Bonchev–Trinajstić information content (AvgIpc) is 3.44. The molecule has 190 valence electrons. The SMILES string of the molecule is COc1ccc(COc2ccc(CC(=O)CCN3CCCC3)cc2OCc2ccc(OC)cc2)cc1. The topological polar surface area (TPSA) is 57.2 Å². The molecule has 0 bridgehead atoms. The highest BCUT2D eigenvalue weighted by Crippen LogP contribution is 2.31. The number of benzene rings is 3. The third-order valence-corrected chi connectivity index (χ3v) is 6.42. The van der Waals surface area contributed by atoms with Crippen molar-refractivity contribution in [2.24, 2.45) is 0 Å². The number of likely N-dealkylation sites (tertiary alicyclic amines) is 1. The highest BCUT2D eigenvalue weighted by molar-refractivity contribution is 5.81. The second-order valence-electron chi connectivity index (χ2n) is 9.07. The first kappa shape index (κ1) is 25.6. The van der Waals surface area contributed by atoms with E-state index in [0.717, 1.165) is 47.8 Å². The first-order chi connectivity index (χ1) is 17.6. The molecule has 6 nitrogen and oxygen atoms in total. The monoisotopic (exact) mass is 489 g/mol. The van der Waals surface area contributed by atoms with E-state index >= 15 is 0 Å². The van der Waals surface area contributed by atoms with E-state index in [1.54, 1.807) is 14.2 Å². The molecule has 1 fully saturated rings. The van der Waals surface area contributed by atoms with Crippen LogP contribution in [0.15, 0.2) is 66.7 Å². The van der Waals surface area contributed by atoms with Crippen molar-refractivity contribution in [3.05, 3.63) is 83.4 Å². The number of ketones is 1. The third kappa shape index (κ3) is 7.49. The van der Waals surface area contributed by atoms with E-state index in [2.05, 4.69) is 4.90 Å². The number of carbonyl (C=O) groups excluding carboxylic acids is 1. The Morgan fingerprint density at radius 2 is 1.25 bits per heavy atom. The first-order valence-corrected chi connectivity index (χ1v) is 12.5. The van der Waals surface area contributed by atoms with Gasteiger partial charge in [-0.3, -0.25) is 4.79 Å². The van der Waals surface area contributed by atoms with Gasteiger partial charge in [0.2, 0.25) is 0 Å². The lowest BCUT2D eigenvalue weighted by Gasteiger charge is -2.16. The summed E-state index contributed by atoms with van der Waals surface area (Å²) < 4.78 is 22.8. The van der Waals surface area contributed by atoms with Crippen LogP contribution in [0.25, 0.3) is 0 Å². The number of Topliss-reactive ketones (excluding diaryl/α,β-unsaturated/α-hetero) is 1. The van der Waals surface area contributed by atoms with Crippen LogP contribution in [0, 0.1) is 0 Å². The van der Waals surface area contributed by atoms with Crippen LogP contribution < -0.4 is 18.9 Å². The summed E-state index contributed by atoms with van der Waals surface area (Å²) in [7, 11) is 3.30. The van der Waals surface area contributed by atoms with Crippen molar-refractivity contribution in [1.29, 1.82) is 0 Å². The van der Waals surface area contributed by atoms with Gasteiger partial charge >= 0.3 is 0 Å². The van der Waals surface area contributed by atoms with Gasteiger partial charge in [0.25, 0.3) is 0 Å². The van der Waals surface area contributed by atoms with Crippen molar-refractivity contribution in [3.8, 4) is 23.0 Å². The summed E-state index contributed by atoms with van der Waals surface area (Å²) in [6.45, 7) is 3.85. The predicted molar refractivity (Wildman–Crippen MR) is 140 cm³/mol. The Labute approximate surface area is 213 Å². The number of hydrogen-bond acceptors (Lipinski definition) is 6. The quantitative estimate of drug-likeness (QED) is 0.318. The van der Waals surface area contributed by atoms with Gasteiger partial charge in [-0.25, -0.2) is 0 Å². The molecule has 0 unspecified atom stereocenters. The van der Waals surface area contributed by atoms with Crippen LogP contribution >= 0.6 is 0 Å². The van der Waals surface area contributed by atoms with Crippen molar-refractivity contribution in [1.82, 2.24) is 4.90 Å². The summed E-state index contributed by atoms with van der Waals surface area (Å²) in [5.74, 6) is 3.13. The van der Waals surface area contributed by atoms with Gasteiger partial charge in [-0.2, -0.15) is 0 Å². The molecular formula is C30H35NO5. The van der Waals surface area contributed by atoms with Gasteiger partial charge in [-0.05, 0) is 79.0 Å². The molecule has 1 aliphatic rings. The molecule has 0 aliphatic carbocycles. The zero-order chi connectivity index (χ0) is 25.2. The predicted octanol–water partition coefficient (Wildman–Crippen LogP) is 5.46. The Morgan fingerprint density at radius 1 is 0.722 bits per heavy atom. The third-order valence-electron chi connectivity index (χ3n) is 6.42. The fraction of sp³-hybridized carbons (Fsp3) is 0.367. The minimum Gasteiger partial charge on any atom is -0.497 e. The van der Waals surface area contributed by atoms with E-state index in [0.29, 0.717) is 37.6 Å². The van der Waals surface area contributed by atoms with E-state index in [9.17, 15) is 4.79 Å². The van der Waals surface area contributed by atoms with Crippen molar-refractivity contribution in [2.75, 3.05) is 33.9 Å². The van der Waals surface area contributed by atoms with Gasteiger partial charge in [0.15, 0.2) is 11.5 Å². The number of hydrogen-bond donors (Lipinski definition) is 0. The van der Waals surface area contributed by atoms with Gasteiger partial charge in [0.05, 0.1) is 14.2 Å². The van der Waals surface area contributed by atoms with E-state index in [4.69, 9.17) is 18.9 Å². The standard InChI is InChI=1S/C30H35NO5/c1-33-27-10-5-23(6-11-27)21-35-29-14-9-25(19-26(32)15-18-31-16-3-4-17-31)20-30(29)36-22-24-7-12-28(34-2)13-8-24/h5-14,20H,3-4,15-19,21-22H2,1-2H3. The number of ether oxygens (including phenoxy) is 4. The zero-order valence-electron chi connectivity index (χ0n) is 21.2. The largest absolute Gasteiger partial charge is 0.497 e. The molecule has 3 aromatic rings. The normalized spacial score (nSPS) is 13.4. The van der Waals surface area contributed by atoms with Crippen molar-refractivity contribution in [3.63, 3.8) is 0 Å². The van der Waals surface area contributed by atoms with Gasteiger partial charge in [0, 0.05) is 19.4 Å². The number of nitrogens with zero attached hydrogens (tertiary/aromatic N) is 1. The molecular weight excluding hydrogens is 454 g/mol. The lowest BCUT2D eigenvalue weighted by atomic mass is 10.1. The number of carbonyl (C=O) groups is 1. The second-order valence-corrected chi connectivity index (χ2v) is 9.07. The molecule has 0 atom stereocenters. The van der Waals surface area contributed by atoms with Gasteiger partial charge < -0.3 is 23.8 Å². The number of methoxy groups -OCH3 is 2. The second kappa shape index (κ2) is 13.0. The van der Waals surface area contributed by atoms with Crippen LogP contribution in [0.3, 0.4) is 0 Å². The summed E-state index contributed by atoms with van der Waals surface area (Å²) in [6, 6.07) is 21.3. The first-order valence-electron chi connectivity index (χ1n) is 12.5. The van der Waals surface area contributed by atoms with Gasteiger partial charge in [-0.15, -0.1) is 0 Å². The number of rotatable bonds is 13. The van der Waals surface area contributed by atoms with Crippen LogP contribution in [-0.2, 0) is 24.4 Å². The van der Waals surface area contributed by atoms with Crippen LogP contribution in [-0.4, -0.2) is 44.5 Å². The highest BCUT2D eigenvalue weighted by atomic mass is 16.5. The van der Waals surface area contributed by atoms with Crippen molar-refractivity contribution >= 4 is 5.78 Å². The lowest BCUT2D eigenvalue weighted by molar-refractivity contribution is -0.118. The lowest BCUT2D eigenvalue weighted by Crippen LogP contribution is -2.23. The minimum absolute atomic E-state index is 0.245. The molecule has 0 amide bonds. The van der Waals surface area contributed by atoms with Crippen LogP contribution in [0.2, 0.25) is 0 Å². The van der Waals surface area contributed by atoms with E-state index in [1.165, 1.54) is 12.8 Å². The molecule has 1 heterocycles. The molecule has 6 heteroatoms. The fourth-order valence-electron chi connectivity index (χ4n) is 4.27. The molecule has 0 N–H and O–H groups in total. The molecule has 1 saturated heterocycles. The Balaban J connectivity index is 1.43. The fourth-order valence-corrected chi connectivity index (χ4v) is 4.27. The van der Waals surface area contributed by atoms with E-state index in [1.807, 2.05) is 66.7 Å². The van der Waals surface area contributed by atoms with E-state index < -0.39 is 0 Å². The van der Waals surface area contributed by atoms with Crippen molar-refractivity contribution < 1.29 is 23.7 Å². The Morgan fingerprint density at radius 3 is 1.81 bits per heavy atom. The maximum Gasteiger partial charge on any atom is 0.161 e. The molecule has 0 radical (unpaired) electrons. The molecule has 36 heavy (non-hydrogen) atoms. The Kier molecular flexibility index (Phi) is 9.22. The maximum absolute atomic E-state index is 12.6. The molecule has 0 spiro atoms. The molecule has 3 aromatic carbocycles. The summed E-state index contributed by atoms with van der Waals surface area (Å²) in [6.07, 6.45) is 3.45. The van der Waals surface area contributed by atoms with Crippen LogP contribution in [0.5, 0.6) is 23.0 Å².